The Balaban J connectivity index is 1.42. The number of carbonyl (C=O) groups excluding carboxylic acids is 3. The summed E-state index contributed by atoms with van der Waals surface area (Å²) in [7, 11) is 0. The molecule has 0 aliphatic carbocycles. The van der Waals surface area contributed by atoms with Crippen LogP contribution in [-0.4, -0.2) is 77.8 Å². The molecule has 3 fully saturated rings. The van der Waals surface area contributed by atoms with Crippen molar-refractivity contribution in [3.8, 4) is 5.75 Å². The van der Waals surface area contributed by atoms with E-state index in [0.717, 1.165) is 5.56 Å². The first kappa shape index (κ1) is 34.4. The van der Waals surface area contributed by atoms with Crippen molar-refractivity contribution in [3.63, 3.8) is 0 Å². The number of nitrogens with zero attached hydrogens (tertiary/aromatic N) is 3. The Morgan fingerprint density at radius 3 is 2.20 bits per heavy atom. The molecule has 49 heavy (non-hydrogen) atoms. The van der Waals surface area contributed by atoms with Gasteiger partial charge in [-0.1, -0.05) is 54.1 Å². The van der Waals surface area contributed by atoms with Crippen LogP contribution in [0.4, 0.5) is 11.4 Å². The highest BCUT2D eigenvalue weighted by atomic mass is 35.5. The van der Waals surface area contributed by atoms with Crippen LogP contribution in [0.15, 0.2) is 104 Å². The molecule has 10 heteroatoms. The number of aliphatic hydroxyl groups excluding tert-OH is 1. The summed E-state index contributed by atoms with van der Waals surface area (Å²) in [5.41, 5.74) is 0.852. The number of aliphatic hydroxyl groups is 1. The minimum atomic E-state index is -1.27. The predicted octanol–water partition coefficient (Wildman–Crippen LogP) is 5.46. The molecule has 0 radical (unpaired) electrons. The van der Waals surface area contributed by atoms with Crippen LogP contribution in [-0.2, 0) is 25.5 Å². The second-order valence-electron chi connectivity index (χ2n) is 12.7. The number of hydrogen-bond donors (Lipinski definition) is 1. The van der Waals surface area contributed by atoms with Crippen molar-refractivity contribution in [3.05, 3.63) is 115 Å². The molecule has 9 nitrogen and oxygen atoms in total. The standard InChI is InChI=1S/C39H42ClN3O6/c1-4-22-41(29-16-18-31(19-17-29)48-6-3)36(45)33-32-20-21-39(49-32)34(33)37(46)43(30(25-44)24-26-10-8-7-9-11-26)35(39)38(47)42(23-5-2)28-14-12-27(40)13-15-28/h4-5,7-19,30,32-35,44H,1-2,6,20-25H2,3H3/t30-,32+,33-,34+,35?,39?/m1/s1. The van der Waals surface area contributed by atoms with Crippen LogP contribution in [0.2, 0.25) is 5.02 Å². The van der Waals surface area contributed by atoms with E-state index in [4.69, 9.17) is 21.1 Å². The van der Waals surface area contributed by atoms with Crippen molar-refractivity contribution in [2.75, 3.05) is 36.1 Å². The Hall–Kier alpha value is -4.44. The van der Waals surface area contributed by atoms with E-state index >= 15 is 0 Å². The van der Waals surface area contributed by atoms with Crippen LogP contribution in [0, 0.1) is 11.8 Å². The average Bonchev–Trinajstić information content (AvgIpc) is 3.77. The average molecular weight is 684 g/mol. The molecule has 3 aromatic carbocycles. The van der Waals surface area contributed by atoms with E-state index < -0.39 is 35.6 Å². The lowest BCUT2D eigenvalue weighted by Gasteiger charge is -2.39. The monoisotopic (exact) mass is 683 g/mol. The maximum absolute atomic E-state index is 15.0. The van der Waals surface area contributed by atoms with Crippen LogP contribution in [0.5, 0.6) is 5.75 Å². The van der Waals surface area contributed by atoms with Gasteiger partial charge in [0.2, 0.25) is 11.8 Å². The van der Waals surface area contributed by atoms with Gasteiger partial charge in [0, 0.05) is 29.5 Å². The Morgan fingerprint density at radius 2 is 1.61 bits per heavy atom. The van der Waals surface area contributed by atoms with Gasteiger partial charge in [-0.25, -0.2) is 0 Å². The molecule has 256 valence electrons. The zero-order valence-corrected chi connectivity index (χ0v) is 28.4. The van der Waals surface area contributed by atoms with E-state index in [0.29, 0.717) is 48.0 Å². The van der Waals surface area contributed by atoms with E-state index in [9.17, 15) is 19.5 Å². The van der Waals surface area contributed by atoms with Gasteiger partial charge >= 0.3 is 0 Å². The lowest BCUT2D eigenvalue weighted by molar-refractivity contribution is -0.144. The molecule has 0 aromatic heterocycles. The molecule has 3 heterocycles. The highest BCUT2D eigenvalue weighted by molar-refractivity contribution is 6.30. The first-order valence-corrected chi connectivity index (χ1v) is 17.1. The normalized spacial score (nSPS) is 24.3. The van der Waals surface area contributed by atoms with Crippen molar-refractivity contribution >= 4 is 40.7 Å². The fraction of sp³-hybridized carbons (Fsp3) is 0.359. The first-order chi connectivity index (χ1) is 23.8. The van der Waals surface area contributed by atoms with Gasteiger partial charge in [0.1, 0.15) is 17.4 Å². The Kier molecular flexibility index (Phi) is 10.2. The summed E-state index contributed by atoms with van der Waals surface area (Å²) in [6.07, 6.45) is 3.96. The van der Waals surface area contributed by atoms with Crippen LogP contribution in [0.3, 0.4) is 0 Å². The van der Waals surface area contributed by atoms with Gasteiger partial charge in [-0.15, -0.1) is 13.2 Å². The third-order valence-corrected chi connectivity index (χ3v) is 10.2. The van der Waals surface area contributed by atoms with E-state index in [1.54, 1.807) is 58.4 Å². The zero-order valence-electron chi connectivity index (χ0n) is 27.6. The van der Waals surface area contributed by atoms with E-state index in [2.05, 4.69) is 13.2 Å². The number of likely N-dealkylation sites (tertiary alicyclic amines) is 1. The third kappa shape index (κ3) is 6.27. The van der Waals surface area contributed by atoms with Gasteiger partial charge in [-0.3, -0.25) is 14.4 Å². The second kappa shape index (κ2) is 14.6. The number of ether oxygens (including phenoxy) is 2. The summed E-state index contributed by atoms with van der Waals surface area (Å²) in [5.74, 6) is -2.09. The van der Waals surface area contributed by atoms with Crippen molar-refractivity contribution in [2.45, 2.75) is 50.0 Å². The Bertz CT molecular complexity index is 1680. The maximum Gasteiger partial charge on any atom is 0.253 e. The highest BCUT2D eigenvalue weighted by Gasteiger charge is 2.75. The minimum Gasteiger partial charge on any atom is -0.494 e. The van der Waals surface area contributed by atoms with Crippen molar-refractivity contribution < 1.29 is 29.0 Å². The van der Waals surface area contributed by atoms with Gasteiger partial charge < -0.3 is 29.3 Å². The third-order valence-electron chi connectivity index (χ3n) is 9.93. The number of hydrogen-bond acceptors (Lipinski definition) is 6. The molecule has 3 aromatic rings. The zero-order chi connectivity index (χ0) is 34.7. The molecule has 3 saturated heterocycles. The molecule has 0 saturated carbocycles. The molecule has 1 spiro atoms. The van der Waals surface area contributed by atoms with Gasteiger partial charge in [-0.05, 0) is 80.3 Å². The van der Waals surface area contributed by atoms with Gasteiger partial charge in [0.25, 0.3) is 5.91 Å². The largest absolute Gasteiger partial charge is 0.494 e. The Morgan fingerprint density at radius 1 is 1.00 bits per heavy atom. The lowest BCUT2D eigenvalue weighted by atomic mass is 9.70. The summed E-state index contributed by atoms with van der Waals surface area (Å²) < 4.78 is 12.4. The summed E-state index contributed by atoms with van der Waals surface area (Å²) in [4.78, 5) is 49.2. The van der Waals surface area contributed by atoms with Crippen LogP contribution in [0.25, 0.3) is 0 Å². The Labute approximate surface area is 292 Å². The molecule has 6 rings (SSSR count). The molecule has 2 unspecified atom stereocenters. The molecule has 1 N–H and O–H groups in total. The molecule has 3 aliphatic rings. The summed E-state index contributed by atoms with van der Waals surface area (Å²) in [6.45, 7) is 10.2. The van der Waals surface area contributed by atoms with Crippen molar-refractivity contribution in [2.24, 2.45) is 11.8 Å². The number of benzene rings is 3. The number of amides is 3. The lowest BCUT2D eigenvalue weighted by Crippen LogP contribution is -2.59. The summed E-state index contributed by atoms with van der Waals surface area (Å²) in [6, 6.07) is 21.8. The molecule has 2 bridgehead atoms. The first-order valence-electron chi connectivity index (χ1n) is 16.8. The van der Waals surface area contributed by atoms with Gasteiger partial charge in [0.15, 0.2) is 0 Å². The summed E-state index contributed by atoms with van der Waals surface area (Å²) >= 11 is 6.19. The van der Waals surface area contributed by atoms with E-state index in [-0.39, 0.29) is 37.4 Å². The highest BCUT2D eigenvalue weighted by Crippen LogP contribution is 2.59. The summed E-state index contributed by atoms with van der Waals surface area (Å²) in [5, 5.41) is 11.4. The number of rotatable bonds is 14. The topological polar surface area (TPSA) is 99.6 Å². The molecular weight excluding hydrogens is 642 g/mol. The molecule has 6 atom stereocenters. The number of anilines is 2. The van der Waals surface area contributed by atoms with E-state index in [1.165, 1.54) is 4.90 Å². The maximum atomic E-state index is 15.0. The minimum absolute atomic E-state index is 0.166. The number of fused-ring (bicyclic) bond motifs is 1. The van der Waals surface area contributed by atoms with Gasteiger partial charge in [0.05, 0.1) is 37.2 Å². The van der Waals surface area contributed by atoms with Crippen LogP contribution in [0.1, 0.15) is 25.3 Å². The van der Waals surface area contributed by atoms with Gasteiger partial charge in [-0.2, -0.15) is 0 Å². The molecular formula is C39H42ClN3O6. The fourth-order valence-corrected chi connectivity index (χ4v) is 8.05. The fourth-order valence-electron chi connectivity index (χ4n) is 7.92. The number of carbonyl (C=O) groups is 3. The molecule has 3 amide bonds. The second-order valence-corrected chi connectivity index (χ2v) is 13.1. The van der Waals surface area contributed by atoms with Crippen molar-refractivity contribution in [1.29, 1.82) is 0 Å². The smallest absolute Gasteiger partial charge is 0.253 e. The van der Waals surface area contributed by atoms with E-state index in [1.807, 2.05) is 49.4 Å². The molecule has 3 aliphatic heterocycles. The van der Waals surface area contributed by atoms with Crippen molar-refractivity contribution in [1.82, 2.24) is 4.90 Å². The SMILES string of the molecule is C=CCN(C(=O)C1N([C@@H](CO)Cc2ccccc2)C(=O)[C@@H]2[C@H](C(=O)N(CC=C)c3ccc(OCC)cc3)[C@@H]3CCC12O3)c1ccc(Cl)cc1. The van der Waals surface area contributed by atoms with Crippen LogP contribution < -0.4 is 14.5 Å². The number of halogens is 1. The quantitative estimate of drug-likeness (QED) is 0.227. The van der Waals surface area contributed by atoms with Crippen LogP contribution >= 0.6 is 11.6 Å². The predicted molar refractivity (Wildman–Crippen MR) is 190 cm³/mol.